The maximum Gasteiger partial charge on any atom is 0.254 e. The molecule has 2 rings (SSSR count). The van der Waals surface area contributed by atoms with Gasteiger partial charge in [-0.1, -0.05) is 40.9 Å². The largest absolute Gasteiger partial charge is 0.351 e. The fourth-order valence-corrected chi connectivity index (χ4v) is 3.13. The maximum absolute atomic E-state index is 12.0. The predicted molar refractivity (Wildman–Crippen MR) is 91.0 cm³/mol. The second-order valence-electron chi connectivity index (χ2n) is 4.15. The van der Waals surface area contributed by atoms with E-state index in [9.17, 15) is 4.79 Å². The third kappa shape index (κ3) is 4.82. The standard InChI is InChI=1S/C15H12Cl3NOS/c16-10-4-6-11(7-5-10)21-9-8-19-15(20)14-12(17)2-1-3-13(14)18/h1-7H,8-9H2,(H,19,20). The molecule has 0 aliphatic carbocycles. The van der Waals surface area contributed by atoms with Crippen molar-refractivity contribution >= 4 is 52.5 Å². The first-order valence-electron chi connectivity index (χ1n) is 6.18. The molecule has 0 atom stereocenters. The quantitative estimate of drug-likeness (QED) is 0.589. The molecule has 2 aromatic rings. The van der Waals surface area contributed by atoms with Gasteiger partial charge in [-0.05, 0) is 36.4 Å². The van der Waals surface area contributed by atoms with Gasteiger partial charge in [0.15, 0.2) is 0 Å². The highest BCUT2D eigenvalue weighted by molar-refractivity contribution is 7.99. The Labute approximate surface area is 142 Å². The average Bonchev–Trinajstić information content (AvgIpc) is 2.45. The normalized spacial score (nSPS) is 10.4. The average molecular weight is 361 g/mol. The van der Waals surface area contributed by atoms with E-state index in [4.69, 9.17) is 34.8 Å². The number of thioether (sulfide) groups is 1. The molecule has 0 aromatic heterocycles. The zero-order valence-electron chi connectivity index (χ0n) is 10.9. The highest BCUT2D eigenvalue weighted by Gasteiger charge is 2.13. The highest BCUT2D eigenvalue weighted by Crippen LogP contribution is 2.24. The Bertz CT molecular complexity index is 611. The number of halogens is 3. The highest BCUT2D eigenvalue weighted by atomic mass is 35.5. The van der Waals surface area contributed by atoms with E-state index < -0.39 is 0 Å². The monoisotopic (exact) mass is 359 g/mol. The van der Waals surface area contributed by atoms with Gasteiger partial charge in [-0.15, -0.1) is 11.8 Å². The van der Waals surface area contributed by atoms with Crippen LogP contribution in [-0.4, -0.2) is 18.2 Å². The lowest BCUT2D eigenvalue weighted by atomic mass is 10.2. The van der Waals surface area contributed by atoms with Crippen LogP contribution < -0.4 is 5.32 Å². The molecule has 0 spiro atoms. The minimum Gasteiger partial charge on any atom is -0.351 e. The van der Waals surface area contributed by atoms with E-state index in [1.165, 1.54) is 0 Å². The van der Waals surface area contributed by atoms with E-state index in [0.717, 1.165) is 10.6 Å². The summed E-state index contributed by atoms with van der Waals surface area (Å²) in [5, 5.41) is 4.22. The van der Waals surface area contributed by atoms with Gasteiger partial charge in [0.2, 0.25) is 0 Å². The van der Waals surface area contributed by atoms with Crippen LogP contribution in [0.4, 0.5) is 0 Å². The third-order valence-corrected chi connectivity index (χ3v) is 4.56. The number of rotatable bonds is 5. The fourth-order valence-electron chi connectivity index (χ4n) is 1.67. The lowest BCUT2D eigenvalue weighted by Gasteiger charge is -2.08. The molecule has 6 heteroatoms. The second kappa shape index (κ2) is 7.95. The molecule has 21 heavy (non-hydrogen) atoms. The van der Waals surface area contributed by atoms with Crippen LogP contribution in [0.1, 0.15) is 10.4 Å². The molecule has 0 unspecified atom stereocenters. The molecule has 0 fully saturated rings. The minimum atomic E-state index is -0.262. The molecule has 0 bridgehead atoms. The summed E-state index contributed by atoms with van der Waals surface area (Å²) in [5.74, 6) is 0.484. The first kappa shape index (κ1) is 16.5. The Morgan fingerprint density at radius 2 is 1.62 bits per heavy atom. The first-order valence-corrected chi connectivity index (χ1v) is 8.30. The molecule has 0 radical (unpaired) electrons. The van der Waals surface area contributed by atoms with Crippen LogP contribution in [0.3, 0.4) is 0 Å². The van der Waals surface area contributed by atoms with Gasteiger partial charge >= 0.3 is 0 Å². The van der Waals surface area contributed by atoms with Gasteiger partial charge in [0.05, 0.1) is 15.6 Å². The van der Waals surface area contributed by atoms with Crippen molar-refractivity contribution in [2.24, 2.45) is 0 Å². The van der Waals surface area contributed by atoms with E-state index in [-0.39, 0.29) is 5.91 Å². The van der Waals surface area contributed by atoms with E-state index >= 15 is 0 Å². The van der Waals surface area contributed by atoms with Crippen LogP contribution in [-0.2, 0) is 0 Å². The SMILES string of the molecule is O=C(NCCSc1ccc(Cl)cc1)c1c(Cl)cccc1Cl. The molecule has 0 aliphatic heterocycles. The summed E-state index contributed by atoms with van der Waals surface area (Å²) < 4.78 is 0. The van der Waals surface area contributed by atoms with Gasteiger partial charge in [0.25, 0.3) is 5.91 Å². The van der Waals surface area contributed by atoms with Crippen molar-refractivity contribution in [3.05, 3.63) is 63.1 Å². The first-order chi connectivity index (χ1) is 10.1. The van der Waals surface area contributed by atoms with Crippen LogP contribution in [0.5, 0.6) is 0 Å². The molecule has 0 aliphatic rings. The summed E-state index contributed by atoms with van der Waals surface area (Å²) in [6.45, 7) is 0.522. The van der Waals surface area contributed by atoms with E-state index in [0.29, 0.717) is 27.2 Å². The summed E-state index contributed by atoms with van der Waals surface area (Å²) in [6, 6.07) is 12.6. The van der Waals surface area contributed by atoms with E-state index in [1.54, 1.807) is 30.0 Å². The predicted octanol–water partition coefficient (Wildman–Crippen LogP) is 5.17. The number of nitrogens with one attached hydrogen (secondary N) is 1. The van der Waals surface area contributed by atoms with E-state index in [2.05, 4.69) is 5.32 Å². The Morgan fingerprint density at radius 1 is 1.00 bits per heavy atom. The van der Waals surface area contributed by atoms with Gasteiger partial charge in [0, 0.05) is 22.2 Å². The zero-order valence-corrected chi connectivity index (χ0v) is 14.0. The topological polar surface area (TPSA) is 29.1 Å². The summed E-state index contributed by atoms with van der Waals surface area (Å²) >= 11 is 19.4. The van der Waals surface area contributed by atoms with Gasteiger partial charge < -0.3 is 5.32 Å². The molecule has 0 saturated carbocycles. The summed E-state index contributed by atoms with van der Waals surface area (Å²) in [6.07, 6.45) is 0. The Hall–Kier alpha value is -0.870. The summed E-state index contributed by atoms with van der Waals surface area (Å²) in [7, 11) is 0. The van der Waals surface area contributed by atoms with Crippen molar-refractivity contribution in [2.75, 3.05) is 12.3 Å². The number of hydrogen-bond acceptors (Lipinski definition) is 2. The number of amides is 1. The molecule has 1 N–H and O–H groups in total. The van der Waals surface area contributed by atoms with Gasteiger partial charge in [0.1, 0.15) is 0 Å². The van der Waals surface area contributed by atoms with Crippen LogP contribution in [0.25, 0.3) is 0 Å². The molecule has 0 saturated heterocycles. The maximum atomic E-state index is 12.0. The Kier molecular flexibility index (Phi) is 6.24. The van der Waals surface area contributed by atoms with Crippen LogP contribution in [0.15, 0.2) is 47.4 Å². The van der Waals surface area contributed by atoms with Crippen LogP contribution in [0, 0.1) is 0 Å². The van der Waals surface area contributed by atoms with Crippen LogP contribution in [0.2, 0.25) is 15.1 Å². The van der Waals surface area contributed by atoms with Gasteiger partial charge in [-0.25, -0.2) is 0 Å². The smallest absolute Gasteiger partial charge is 0.254 e. The van der Waals surface area contributed by atoms with Crippen molar-refractivity contribution in [3.63, 3.8) is 0 Å². The Balaban J connectivity index is 1.83. The lowest BCUT2D eigenvalue weighted by molar-refractivity contribution is 0.0956. The summed E-state index contributed by atoms with van der Waals surface area (Å²) in [4.78, 5) is 13.1. The summed E-state index contributed by atoms with van der Waals surface area (Å²) in [5.41, 5.74) is 0.317. The molecule has 0 heterocycles. The van der Waals surface area contributed by atoms with Crippen LogP contribution >= 0.6 is 46.6 Å². The second-order valence-corrected chi connectivity index (χ2v) is 6.57. The molecule has 2 nitrogen and oxygen atoms in total. The fraction of sp³-hybridized carbons (Fsp3) is 0.133. The molecular formula is C15H12Cl3NOS. The number of benzene rings is 2. The van der Waals surface area contributed by atoms with E-state index in [1.807, 2.05) is 24.3 Å². The molecule has 110 valence electrons. The minimum absolute atomic E-state index is 0.262. The van der Waals surface area contributed by atoms with Gasteiger partial charge in [-0.2, -0.15) is 0 Å². The molecular weight excluding hydrogens is 349 g/mol. The van der Waals surface area contributed by atoms with Crippen molar-refractivity contribution < 1.29 is 4.79 Å². The van der Waals surface area contributed by atoms with Crippen molar-refractivity contribution in [3.8, 4) is 0 Å². The van der Waals surface area contributed by atoms with Crippen molar-refractivity contribution in [1.82, 2.24) is 5.32 Å². The number of carbonyl (C=O) groups excluding carboxylic acids is 1. The third-order valence-electron chi connectivity index (χ3n) is 2.66. The van der Waals surface area contributed by atoms with Gasteiger partial charge in [-0.3, -0.25) is 4.79 Å². The number of hydrogen-bond donors (Lipinski definition) is 1. The number of carbonyl (C=O) groups is 1. The Morgan fingerprint density at radius 3 is 2.24 bits per heavy atom. The molecule has 1 amide bonds. The molecule has 2 aromatic carbocycles. The van der Waals surface area contributed by atoms with Crippen molar-refractivity contribution in [2.45, 2.75) is 4.90 Å². The zero-order chi connectivity index (χ0) is 15.2. The van der Waals surface area contributed by atoms with Crippen molar-refractivity contribution in [1.29, 1.82) is 0 Å². The lowest BCUT2D eigenvalue weighted by Crippen LogP contribution is -2.26.